The third-order valence-electron chi connectivity index (χ3n) is 9.70. The Labute approximate surface area is 290 Å². The molecule has 0 aromatic carbocycles. The molecule has 1 aliphatic carbocycles. The van der Waals surface area contributed by atoms with Crippen molar-refractivity contribution in [3.05, 3.63) is 0 Å². The first-order valence-corrected chi connectivity index (χ1v) is 17.4. The minimum atomic E-state index is -1.64. The molecule has 50 heavy (non-hydrogen) atoms. The Hall–Kier alpha value is -1.25. The molecule has 3 saturated heterocycles. The van der Waals surface area contributed by atoms with Crippen LogP contribution in [0.5, 0.6) is 0 Å². The number of hydrogen-bond donors (Lipinski definition) is 13. The molecule has 0 aromatic rings. The predicted octanol–water partition coefficient (Wildman–Crippen LogP) is -6.90. The van der Waals surface area contributed by atoms with E-state index in [0.717, 1.165) is 0 Å². The van der Waals surface area contributed by atoms with E-state index in [1.165, 1.54) is 0 Å². The van der Waals surface area contributed by atoms with Gasteiger partial charge in [-0.15, -0.1) is 0 Å². The lowest BCUT2D eigenvalue weighted by atomic mass is 9.83. The summed E-state index contributed by atoms with van der Waals surface area (Å²) in [5, 5.41) is 78.9. The maximum Gasteiger partial charge on any atom is 0.249 e. The van der Waals surface area contributed by atoms with Crippen LogP contribution in [0.1, 0.15) is 39.0 Å². The third-order valence-corrected chi connectivity index (χ3v) is 9.70. The normalized spacial score (nSPS) is 44.6. The van der Waals surface area contributed by atoms with Crippen molar-refractivity contribution < 1.29 is 69.0 Å². The van der Waals surface area contributed by atoms with E-state index >= 15 is 0 Å². The van der Waals surface area contributed by atoms with Crippen molar-refractivity contribution in [2.45, 2.75) is 149 Å². The minimum absolute atomic E-state index is 0.00614. The smallest absolute Gasteiger partial charge is 0.249 e. The van der Waals surface area contributed by atoms with E-state index in [9.17, 15) is 35.4 Å². The van der Waals surface area contributed by atoms with E-state index in [1.807, 2.05) is 0 Å². The Morgan fingerprint density at radius 1 is 0.840 bits per heavy atom. The summed E-state index contributed by atoms with van der Waals surface area (Å²) in [6, 6.07) is -3.74. The highest BCUT2D eigenvalue weighted by Gasteiger charge is 2.54. The van der Waals surface area contributed by atoms with Crippen molar-refractivity contribution in [3.8, 4) is 0 Å². The van der Waals surface area contributed by atoms with Crippen LogP contribution < -0.4 is 33.6 Å². The number of carbonyl (C=O) groups is 1. The zero-order chi connectivity index (χ0) is 36.7. The molecule has 4 fully saturated rings. The number of nitrogens with one attached hydrogen (secondary N) is 2. The maximum atomic E-state index is 12.8. The van der Waals surface area contributed by atoms with Crippen molar-refractivity contribution in [3.63, 3.8) is 0 Å². The molecular weight excluding hydrogens is 668 g/mol. The van der Waals surface area contributed by atoms with Gasteiger partial charge in [-0.05, 0) is 25.7 Å². The second kappa shape index (κ2) is 19.2. The van der Waals surface area contributed by atoms with E-state index < -0.39 is 117 Å². The van der Waals surface area contributed by atoms with Crippen LogP contribution in [0.3, 0.4) is 0 Å². The zero-order valence-corrected chi connectivity index (χ0v) is 28.3. The molecule has 18 atom stereocenters. The average Bonchev–Trinajstić information content (AvgIpc) is 3.39. The molecule has 4 rings (SSSR count). The Kier molecular flexibility index (Phi) is 15.9. The van der Waals surface area contributed by atoms with Crippen LogP contribution >= 0.6 is 0 Å². The highest BCUT2D eigenvalue weighted by atomic mass is 16.8. The van der Waals surface area contributed by atoms with E-state index in [4.69, 9.17) is 56.5 Å². The number of aliphatic hydroxyl groups is 7. The van der Waals surface area contributed by atoms with Gasteiger partial charge in [-0.1, -0.05) is 13.3 Å². The molecular formula is C30H58N6O14. The molecule has 3 aliphatic heterocycles. The lowest BCUT2D eigenvalue weighted by Crippen LogP contribution is -2.67. The van der Waals surface area contributed by atoms with Gasteiger partial charge in [-0.25, -0.2) is 0 Å². The molecule has 4 aliphatic rings. The number of aliphatic hydroxyl groups excluding tert-OH is 7. The molecule has 20 heteroatoms. The van der Waals surface area contributed by atoms with Gasteiger partial charge < -0.3 is 97.7 Å². The molecule has 20 nitrogen and oxygen atoms in total. The number of rotatable bonds is 16. The van der Waals surface area contributed by atoms with E-state index in [2.05, 4.69) is 10.6 Å². The molecule has 1 saturated carbocycles. The minimum Gasteiger partial charge on any atom is -0.395 e. The first-order valence-electron chi connectivity index (χ1n) is 17.4. The number of carbonyl (C=O) groups excluding carboxylic acids is 1. The standard InChI is InChI=1S/C30H58N6O14/c1-2-3-16(39)27(44)36-15-8-14(33)24(48-28-13(32)5-4-12(45-28)10-35-6-7-37)26(20(15)40)50-30-23(43)25(18(11-38)47-30)49-29-19(34)22(42)21(41)17(9-31)46-29/h12-26,28-30,35,37-43H,2-11,31-34H2,1H3,(H,36,44). The van der Waals surface area contributed by atoms with Crippen molar-refractivity contribution in [1.29, 1.82) is 0 Å². The number of amides is 1. The van der Waals surface area contributed by atoms with Crippen molar-refractivity contribution in [2.24, 2.45) is 22.9 Å². The maximum absolute atomic E-state index is 12.8. The van der Waals surface area contributed by atoms with Crippen LogP contribution in [0.15, 0.2) is 0 Å². The molecule has 1 amide bonds. The summed E-state index contributed by atoms with van der Waals surface area (Å²) in [7, 11) is 0. The molecule has 18 unspecified atom stereocenters. The fourth-order valence-corrected chi connectivity index (χ4v) is 6.76. The summed E-state index contributed by atoms with van der Waals surface area (Å²) in [5.41, 5.74) is 24.7. The van der Waals surface area contributed by atoms with E-state index in [-0.39, 0.29) is 32.1 Å². The van der Waals surface area contributed by atoms with Gasteiger partial charge in [0, 0.05) is 25.7 Å². The Morgan fingerprint density at radius 2 is 1.52 bits per heavy atom. The number of nitrogens with two attached hydrogens (primary N) is 4. The first kappa shape index (κ1) is 41.5. The van der Waals surface area contributed by atoms with Crippen molar-refractivity contribution >= 4 is 5.91 Å². The SMILES string of the molecule is CCCC(O)C(=O)NC1CC(N)C(OC2OC(CNCCO)CCC2N)C(OC2OC(CO)C(OC3OC(CN)C(O)C(O)C3N)C2O)C1O. The van der Waals surface area contributed by atoms with Gasteiger partial charge in [0.25, 0.3) is 0 Å². The summed E-state index contributed by atoms with van der Waals surface area (Å²) in [4.78, 5) is 12.8. The monoisotopic (exact) mass is 726 g/mol. The molecule has 0 radical (unpaired) electrons. The van der Waals surface area contributed by atoms with E-state index in [0.29, 0.717) is 32.4 Å². The topological polar surface area (TPSA) is 342 Å². The lowest BCUT2D eigenvalue weighted by Gasteiger charge is -2.46. The highest BCUT2D eigenvalue weighted by molar-refractivity contribution is 5.80. The molecule has 292 valence electrons. The Bertz CT molecular complexity index is 1040. The van der Waals surface area contributed by atoms with Crippen LogP contribution in [0.4, 0.5) is 0 Å². The largest absolute Gasteiger partial charge is 0.395 e. The summed E-state index contributed by atoms with van der Waals surface area (Å²) in [5.74, 6) is -0.713. The quantitative estimate of drug-likeness (QED) is 0.0657. The van der Waals surface area contributed by atoms with Crippen LogP contribution in [-0.2, 0) is 33.2 Å². The molecule has 17 N–H and O–H groups in total. The summed E-state index contributed by atoms with van der Waals surface area (Å²) < 4.78 is 35.9. The number of ether oxygens (including phenoxy) is 6. The summed E-state index contributed by atoms with van der Waals surface area (Å²) in [6.07, 6.45) is -15.8. The molecule has 0 spiro atoms. The van der Waals surface area contributed by atoms with Gasteiger partial charge in [0.15, 0.2) is 18.9 Å². The van der Waals surface area contributed by atoms with Gasteiger partial charge in [0.1, 0.15) is 61.0 Å². The van der Waals surface area contributed by atoms with Gasteiger partial charge in [-0.2, -0.15) is 0 Å². The van der Waals surface area contributed by atoms with Crippen LogP contribution in [0.25, 0.3) is 0 Å². The second-order valence-electron chi connectivity index (χ2n) is 13.5. The third kappa shape index (κ3) is 9.83. The number of hydrogen-bond acceptors (Lipinski definition) is 19. The van der Waals surface area contributed by atoms with Gasteiger partial charge in [0.2, 0.25) is 5.91 Å². The van der Waals surface area contributed by atoms with E-state index in [1.54, 1.807) is 6.92 Å². The fourth-order valence-electron chi connectivity index (χ4n) is 6.76. The van der Waals surface area contributed by atoms with Gasteiger partial charge in [-0.3, -0.25) is 4.79 Å². The molecule has 0 aromatic heterocycles. The van der Waals surface area contributed by atoms with Crippen LogP contribution in [0, 0.1) is 0 Å². The van der Waals surface area contributed by atoms with Gasteiger partial charge in [0.05, 0.1) is 37.4 Å². The highest BCUT2D eigenvalue weighted by Crippen LogP contribution is 2.34. The molecule has 3 heterocycles. The van der Waals surface area contributed by atoms with Crippen molar-refractivity contribution in [1.82, 2.24) is 10.6 Å². The fraction of sp³-hybridized carbons (Fsp3) is 0.967. The lowest BCUT2D eigenvalue weighted by molar-refractivity contribution is -0.290. The zero-order valence-electron chi connectivity index (χ0n) is 28.3. The second-order valence-corrected chi connectivity index (χ2v) is 13.5. The first-order chi connectivity index (χ1) is 23.8. The van der Waals surface area contributed by atoms with Crippen LogP contribution in [-0.4, -0.2) is 185 Å². The van der Waals surface area contributed by atoms with Crippen molar-refractivity contribution in [2.75, 3.05) is 32.8 Å². The molecule has 0 bridgehead atoms. The summed E-state index contributed by atoms with van der Waals surface area (Å²) >= 11 is 0. The summed E-state index contributed by atoms with van der Waals surface area (Å²) in [6.45, 7) is 1.70. The Balaban J connectivity index is 1.54. The van der Waals surface area contributed by atoms with Crippen LogP contribution in [0.2, 0.25) is 0 Å². The Morgan fingerprint density at radius 3 is 2.18 bits per heavy atom. The average molecular weight is 727 g/mol. The van der Waals surface area contributed by atoms with Gasteiger partial charge >= 0.3 is 0 Å². The predicted molar refractivity (Wildman–Crippen MR) is 171 cm³/mol.